The third-order valence-electron chi connectivity index (χ3n) is 3.48. The lowest BCUT2D eigenvalue weighted by atomic mass is 10.1. The molecule has 0 aliphatic carbocycles. The highest BCUT2D eigenvalue weighted by Crippen LogP contribution is 2.16. The molecule has 2 rings (SSSR count). The van der Waals surface area contributed by atoms with E-state index >= 15 is 0 Å². The second kappa shape index (κ2) is 8.16. The molecule has 0 atom stereocenters. The van der Waals surface area contributed by atoms with Crippen molar-refractivity contribution >= 4 is 38.9 Å². The number of benzene rings is 2. The van der Waals surface area contributed by atoms with Gasteiger partial charge >= 0.3 is 0 Å². The molecule has 0 aromatic heterocycles. The molecular weight excluding hydrogens is 382 g/mol. The van der Waals surface area contributed by atoms with E-state index in [1.807, 2.05) is 19.1 Å². The summed E-state index contributed by atoms with van der Waals surface area (Å²) in [5, 5.41) is 5.62. The lowest BCUT2D eigenvalue weighted by Crippen LogP contribution is -2.40. The SMILES string of the molecule is Cc1ccccc1C(=O)NC(=S)Nc1ccc(S(=O)(=O)NC(C)(C)C)cc1. The van der Waals surface area contributed by atoms with Gasteiger partial charge in [-0.3, -0.25) is 10.1 Å². The van der Waals surface area contributed by atoms with Gasteiger partial charge < -0.3 is 5.32 Å². The van der Waals surface area contributed by atoms with Gasteiger partial charge in [-0.25, -0.2) is 13.1 Å². The van der Waals surface area contributed by atoms with Crippen LogP contribution in [0, 0.1) is 6.92 Å². The molecule has 8 heteroatoms. The first kappa shape index (κ1) is 21.0. The quantitative estimate of drug-likeness (QED) is 0.680. The fourth-order valence-electron chi connectivity index (χ4n) is 2.34. The number of aryl methyl sites for hydroxylation is 1. The number of nitrogens with one attached hydrogen (secondary N) is 3. The molecule has 3 N–H and O–H groups in total. The number of carbonyl (C=O) groups excluding carboxylic acids is 1. The molecule has 1 amide bonds. The van der Waals surface area contributed by atoms with Crippen molar-refractivity contribution < 1.29 is 13.2 Å². The zero-order valence-corrected chi connectivity index (χ0v) is 17.3. The average Bonchev–Trinajstić information content (AvgIpc) is 2.53. The van der Waals surface area contributed by atoms with Crippen LogP contribution in [-0.2, 0) is 10.0 Å². The van der Waals surface area contributed by atoms with Gasteiger partial charge in [-0.2, -0.15) is 0 Å². The Morgan fingerprint density at radius 1 is 1.00 bits per heavy atom. The van der Waals surface area contributed by atoms with Crippen molar-refractivity contribution in [3.05, 3.63) is 59.7 Å². The van der Waals surface area contributed by atoms with Crippen LogP contribution >= 0.6 is 12.2 Å². The molecule has 144 valence electrons. The standard InChI is InChI=1S/C19H23N3O3S2/c1-13-7-5-6-8-16(13)17(23)21-18(26)20-14-9-11-15(12-10-14)27(24,25)22-19(2,3)4/h5-12,22H,1-4H3,(H2,20,21,23,26). The fraction of sp³-hybridized carbons (Fsp3) is 0.263. The molecule has 0 saturated carbocycles. The van der Waals surface area contributed by atoms with Gasteiger partial charge in [-0.15, -0.1) is 0 Å². The van der Waals surface area contributed by atoms with Crippen molar-refractivity contribution in [1.29, 1.82) is 0 Å². The van der Waals surface area contributed by atoms with Crippen molar-refractivity contribution in [3.63, 3.8) is 0 Å². The molecule has 6 nitrogen and oxygen atoms in total. The van der Waals surface area contributed by atoms with Crippen LogP contribution in [0.15, 0.2) is 53.4 Å². The van der Waals surface area contributed by atoms with Gasteiger partial charge in [0.1, 0.15) is 0 Å². The average molecular weight is 406 g/mol. The zero-order chi connectivity index (χ0) is 20.2. The van der Waals surface area contributed by atoms with Crippen LogP contribution in [0.1, 0.15) is 36.7 Å². The highest BCUT2D eigenvalue weighted by molar-refractivity contribution is 7.89. The van der Waals surface area contributed by atoms with Crippen molar-refractivity contribution in [1.82, 2.24) is 10.0 Å². The molecule has 0 unspecified atom stereocenters. The van der Waals surface area contributed by atoms with Crippen molar-refractivity contribution in [2.45, 2.75) is 38.1 Å². The van der Waals surface area contributed by atoms with Crippen LogP contribution in [0.4, 0.5) is 5.69 Å². The summed E-state index contributed by atoms with van der Waals surface area (Å²) in [6, 6.07) is 13.3. The molecule has 0 radical (unpaired) electrons. The Balaban J connectivity index is 2.03. The van der Waals surface area contributed by atoms with Crippen LogP contribution < -0.4 is 15.4 Å². The minimum absolute atomic E-state index is 0.131. The predicted molar refractivity (Wildman–Crippen MR) is 111 cm³/mol. The van der Waals surface area contributed by atoms with Crippen LogP contribution in [0.2, 0.25) is 0 Å². The number of carbonyl (C=O) groups is 1. The van der Waals surface area contributed by atoms with Gasteiger partial charge in [0, 0.05) is 16.8 Å². The van der Waals surface area contributed by atoms with Crippen molar-refractivity contribution in [2.75, 3.05) is 5.32 Å². The Labute approximate surface area is 165 Å². The van der Waals surface area contributed by atoms with Crippen LogP contribution in [0.25, 0.3) is 0 Å². The largest absolute Gasteiger partial charge is 0.332 e. The summed E-state index contributed by atoms with van der Waals surface area (Å²) in [4.78, 5) is 12.4. The zero-order valence-electron chi connectivity index (χ0n) is 15.7. The van der Waals surface area contributed by atoms with Crippen molar-refractivity contribution in [3.8, 4) is 0 Å². The number of hydrogen-bond acceptors (Lipinski definition) is 4. The molecular formula is C19H23N3O3S2. The van der Waals surface area contributed by atoms with E-state index < -0.39 is 15.6 Å². The maximum Gasteiger partial charge on any atom is 0.257 e. The van der Waals surface area contributed by atoms with E-state index in [4.69, 9.17) is 12.2 Å². The topological polar surface area (TPSA) is 87.3 Å². The Morgan fingerprint density at radius 3 is 2.15 bits per heavy atom. The smallest absolute Gasteiger partial charge is 0.257 e. The summed E-state index contributed by atoms with van der Waals surface area (Å²) in [5.74, 6) is -0.306. The summed E-state index contributed by atoms with van der Waals surface area (Å²) in [6.07, 6.45) is 0. The molecule has 0 aliphatic heterocycles. The van der Waals surface area contributed by atoms with E-state index in [-0.39, 0.29) is 15.9 Å². The summed E-state index contributed by atoms with van der Waals surface area (Å²) < 4.78 is 27.2. The maximum absolute atomic E-state index is 12.3. The number of amides is 1. The highest BCUT2D eigenvalue weighted by Gasteiger charge is 2.21. The van der Waals surface area contributed by atoms with E-state index in [1.165, 1.54) is 12.1 Å². The first-order valence-corrected chi connectivity index (χ1v) is 10.2. The Morgan fingerprint density at radius 2 is 1.59 bits per heavy atom. The first-order valence-electron chi connectivity index (χ1n) is 8.30. The third-order valence-corrected chi connectivity index (χ3v) is 5.46. The molecule has 27 heavy (non-hydrogen) atoms. The normalized spacial score (nSPS) is 11.7. The summed E-state index contributed by atoms with van der Waals surface area (Å²) in [5.41, 5.74) is 1.38. The first-order chi connectivity index (χ1) is 12.5. The van der Waals surface area contributed by atoms with Crippen LogP contribution in [0.3, 0.4) is 0 Å². The lowest BCUT2D eigenvalue weighted by molar-refractivity contribution is 0.0977. The Bertz CT molecular complexity index is 947. The Hall–Kier alpha value is -2.29. The minimum atomic E-state index is -3.60. The van der Waals surface area contributed by atoms with Gasteiger partial charge in [0.15, 0.2) is 5.11 Å². The third kappa shape index (κ3) is 6.13. The number of anilines is 1. The maximum atomic E-state index is 12.3. The highest BCUT2D eigenvalue weighted by atomic mass is 32.2. The lowest BCUT2D eigenvalue weighted by Gasteiger charge is -2.20. The molecule has 0 aliphatic rings. The van der Waals surface area contributed by atoms with E-state index in [0.29, 0.717) is 11.3 Å². The molecule has 0 bridgehead atoms. The predicted octanol–water partition coefficient (Wildman–Crippen LogP) is 3.20. The van der Waals surface area contributed by atoms with E-state index in [2.05, 4.69) is 15.4 Å². The molecule has 0 saturated heterocycles. The minimum Gasteiger partial charge on any atom is -0.332 e. The monoisotopic (exact) mass is 405 g/mol. The molecule has 0 fully saturated rings. The Kier molecular flexibility index (Phi) is 6.35. The number of sulfonamides is 1. The summed E-state index contributed by atoms with van der Waals surface area (Å²) >= 11 is 5.16. The number of thiocarbonyl (C=S) groups is 1. The number of rotatable bonds is 4. The molecule has 0 spiro atoms. The van der Waals surface area contributed by atoms with Crippen LogP contribution in [0.5, 0.6) is 0 Å². The second-order valence-electron chi connectivity index (χ2n) is 7.10. The summed E-state index contributed by atoms with van der Waals surface area (Å²) in [6.45, 7) is 7.16. The summed E-state index contributed by atoms with van der Waals surface area (Å²) in [7, 11) is -3.60. The van der Waals surface area contributed by atoms with E-state index in [1.54, 1.807) is 45.0 Å². The van der Waals surface area contributed by atoms with E-state index in [9.17, 15) is 13.2 Å². The molecule has 2 aromatic rings. The number of hydrogen-bond donors (Lipinski definition) is 3. The van der Waals surface area contributed by atoms with Crippen molar-refractivity contribution in [2.24, 2.45) is 0 Å². The van der Waals surface area contributed by atoms with Gasteiger partial charge in [0.25, 0.3) is 5.91 Å². The van der Waals surface area contributed by atoms with Gasteiger partial charge in [-0.1, -0.05) is 18.2 Å². The molecule has 2 aromatic carbocycles. The second-order valence-corrected chi connectivity index (χ2v) is 9.19. The van der Waals surface area contributed by atoms with E-state index in [0.717, 1.165) is 5.56 Å². The fourth-order valence-corrected chi connectivity index (χ4v) is 3.97. The van der Waals surface area contributed by atoms with Gasteiger partial charge in [0.05, 0.1) is 4.90 Å². The van der Waals surface area contributed by atoms with Gasteiger partial charge in [-0.05, 0) is 75.8 Å². The molecule has 0 heterocycles. The van der Waals surface area contributed by atoms with Gasteiger partial charge in [0.2, 0.25) is 10.0 Å². The van der Waals surface area contributed by atoms with Crippen LogP contribution in [-0.4, -0.2) is 25.0 Å².